The molecule has 0 bridgehead atoms. The van der Waals surface area contributed by atoms with Crippen molar-refractivity contribution in [3.8, 4) is 17.3 Å². The number of aromatic hydroxyl groups is 1. The van der Waals surface area contributed by atoms with E-state index in [0.717, 1.165) is 40.0 Å². The molecule has 1 aliphatic heterocycles. The monoisotopic (exact) mass is 505 g/mol. The molecular formula is C27H28FN5O4. The van der Waals surface area contributed by atoms with E-state index in [1.54, 1.807) is 12.1 Å². The van der Waals surface area contributed by atoms with Gasteiger partial charge in [-0.15, -0.1) is 0 Å². The summed E-state index contributed by atoms with van der Waals surface area (Å²) in [6.07, 6.45) is 1.61. The van der Waals surface area contributed by atoms with Gasteiger partial charge < -0.3 is 29.6 Å². The van der Waals surface area contributed by atoms with Crippen molar-refractivity contribution in [2.75, 3.05) is 19.8 Å². The number of fused-ring (bicyclic) bond motifs is 3. The van der Waals surface area contributed by atoms with Crippen LogP contribution in [0.1, 0.15) is 28.8 Å². The summed E-state index contributed by atoms with van der Waals surface area (Å²) in [7, 11) is 1.95. The Bertz CT molecular complexity index is 1550. The van der Waals surface area contributed by atoms with Gasteiger partial charge in [0.25, 0.3) is 5.91 Å². The van der Waals surface area contributed by atoms with Gasteiger partial charge in [0.15, 0.2) is 5.82 Å². The molecule has 3 heterocycles. The average Bonchev–Trinajstić information content (AvgIpc) is 3.54. The Morgan fingerprint density at radius 3 is 2.81 bits per heavy atom. The standard InChI is InChI=1S/C27H28FN5O4/c1-31-21-9-16-7-8-32(14-18(12-28)29-27(36)37)26(35)19(16)11-20(21)30-25(31)22-10-17-3-2-4-23(34)24(17)33(22)13-15-5-6-15/h2-4,9-11,15,18,29,34H,5-8,12-14H2,1H3,(H,36,37). The first-order valence-corrected chi connectivity index (χ1v) is 12.5. The molecule has 2 aromatic heterocycles. The minimum atomic E-state index is -1.32. The van der Waals surface area contributed by atoms with E-state index in [2.05, 4.69) is 16.0 Å². The Morgan fingerprint density at radius 1 is 1.27 bits per heavy atom. The van der Waals surface area contributed by atoms with Crippen molar-refractivity contribution in [1.82, 2.24) is 24.3 Å². The van der Waals surface area contributed by atoms with Crippen molar-refractivity contribution in [3.63, 3.8) is 0 Å². The first-order valence-electron chi connectivity index (χ1n) is 12.5. The second-order valence-corrected chi connectivity index (χ2v) is 10.1. The number of nitrogens with zero attached hydrogens (tertiary/aromatic N) is 4. The van der Waals surface area contributed by atoms with Crippen molar-refractivity contribution in [1.29, 1.82) is 0 Å². The third kappa shape index (κ3) is 4.06. The third-order valence-electron chi connectivity index (χ3n) is 7.49. The molecule has 6 rings (SSSR count). The highest BCUT2D eigenvalue weighted by Gasteiger charge is 2.30. The van der Waals surface area contributed by atoms with Crippen molar-refractivity contribution in [3.05, 3.63) is 47.5 Å². The maximum absolute atomic E-state index is 13.3. The van der Waals surface area contributed by atoms with E-state index in [1.807, 2.05) is 29.8 Å². The number of rotatable bonds is 7. The van der Waals surface area contributed by atoms with Crippen LogP contribution < -0.4 is 5.32 Å². The normalized spacial score (nSPS) is 16.4. The second kappa shape index (κ2) is 8.79. The number of nitrogens with one attached hydrogen (secondary N) is 1. The fraction of sp³-hybridized carbons (Fsp3) is 0.370. The number of aromatic nitrogens is 3. The minimum absolute atomic E-state index is 0.0304. The van der Waals surface area contributed by atoms with E-state index in [1.165, 1.54) is 17.7 Å². The number of carbonyl (C=O) groups is 2. The van der Waals surface area contributed by atoms with Crippen LogP contribution in [0.25, 0.3) is 33.5 Å². The molecule has 10 heteroatoms. The summed E-state index contributed by atoms with van der Waals surface area (Å²) in [6.45, 7) is 0.270. The number of imidazole rings is 1. The van der Waals surface area contributed by atoms with Crippen LogP contribution in [-0.2, 0) is 20.0 Å². The topological polar surface area (TPSA) is 113 Å². The lowest BCUT2D eigenvalue weighted by molar-refractivity contribution is 0.0714. The number of alkyl halides is 1. The summed E-state index contributed by atoms with van der Waals surface area (Å²) in [4.78, 5) is 30.6. The van der Waals surface area contributed by atoms with Gasteiger partial charge in [-0.2, -0.15) is 0 Å². The van der Waals surface area contributed by atoms with Crippen LogP contribution in [-0.4, -0.2) is 67.0 Å². The molecule has 2 aliphatic rings. The number of hydrogen-bond acceptors (Lipinski definition) is 4. The molecule has 1 atom stereocenters. The fourth-order valence-corrected chi connectivity index (χ4v) is 5.43. The molecule has 1 fully saturated rings. The van der Waals surface area contributed by atoms with Crippen LogP contribution >= 0.6 is 0 Å². The first kappa shape index (κ1) is 23.3. The van der Waals surface area contributed by atoms with Gasteiger partial charge in [0.05, 0.1) is 28.3 Å². The number of phenols is 1. The lowest BCUT2D eigenvalue weighted by Gasteiger charge is -2.31. The number of hydrogen-bond donors (Lipinski definition) is 3. The Morgan fingerprint density at radius 2 is 2.08 bits per heavy atom. The second-order valence-electron chi connectivity index (χ2n) is 10.1. The molecule has 192 valence electrons. The first-order chi connectivity index (χ1) is 17.8. The molecule has 0 saturated heterocycles. The highest BCUT2D eigenvalue weighted by Crippen LogP contribution is 2.39. The molecule has 1 unspecified atom stereocenters. The van der Waals surface area contributed by atoms with E-state index in [9.17, 15) is 19.1 Å². The summed E-state index contributed by atoms with van der Waals surface area (Å²) >= 11 is 0. The smallest absolute Gasteiger partial charge is 0.405 e. The lowest BCUT2D eigenvalue weighted by atomic mass is 9.97. The molecule has 9 nitrogen and oxygen atoms in total. The molecule has 3 N–H and O–H groups in total. The summed E-state index contributed by atoms with van der Waals surface area (Å²) in [6, 6.07) is 10.4. The molecule has 0 spiro atoms. The number of benzene rings is 2. The Labute approximate surface area is 212 Å². The van der Waals surface area contributed by atoms with Gasteiger partial charge in [0, 0.05) is 37.6 Å². The Kier molecular flexibility index (Phi) is 5.54. The van der Waals surface area contributed by atoms with E-state index in [-0.39, 0.29) is 18.2 Å². The summed E-state index contributed by atoms with van der Waals surface area (Å²) in [5.74, 6) is 1.33. The van der Waals surface area contributed by atoms with Crippen molar-refractivity contribution < 1.29 is 24.2 Å². The van der Waals surface area contributed by atoms with Gasteiger partial charge in [0.2, 0.25) is 0 Å². The van der Waals surface area contributed by atoms with E-state index in [4.69, 9.17) is 10.1 Å². The molecule has 4 aromatic rings. The zero-order valence-electron chi connectivity index (χ0n) is 20.4. The van der Waals surface area contributed by atoms with Gasteiger partial charge in [-0.1, -0.05) is 12.1 Å². The van der Waals surface area contributed by atoms with Crippen LogP contribution in [0.15, 0.2) is 36.4 Å². The maximum atomic E-state index is 13.3. The maximum Gasteiger partial charge on any atom is 0.405 e. The zero-order chi connectivity index (χ0) is 25.8. The van der Waals surface area contributed by atoms with E-state index in [0.29, 0.717) is 30.0 Å². The number of halogens is 1. The third-order valence-corrected chi connectivity index (χ3v) is 7.49. The van der Waals surface area contributed by atoms with Crippen LogP contribution in [0.2, 0.25) is 0 Å². The Balaban J connectivity index is 1.40. The number of aryl methyl sites for hydroxylation is 1. The van der Waals surface area contributed by atoms with E-state index < -0.39 is 18.8 Å². The molecule has 1 aliphatic carbocycles. The lowest BCUT2D eigenvalue weighted by Crippen LogP contribution is -2.48. The van der Waals surface area contributed by atoms with Crippen molar-refractivity contribution in [2.24, 2.45) is 13.0 Å². The zero-order valence-corrected chi connectivity index (χ0v) is 20.4. The summed E-state index contributed by atoms with van der Waals surface area (Å²) < 4.78 is 17.5. The average molecular weight is 506 g/mol. The van der Waals surface area contributed by atoms with Crippen molar-refractivity contribution in [2.45, 2.75) is 31.8 Å². The highest BCUT2D eigenvalue weighted by atomic mass is 19.1. The predicted molar refractivity (Wildman–Crippen MR) is 137 cm³/mol. The van der Waals surface area contributed by atoms with Crippen LogP contribution in [0.3, 0.4) is 0 Å². The van der Waals surface area contributed by atoms with Crippen molar-refractivity contribution >= 4 is 33.9 Å². The predicted octanol–water partition coefficient (Wildman–Crippen LogP) is 3.91. The van der Waals surface area contributed by atoms with Gasteiger partial charge in [0.1, 0.15) is 12.4 Å². The number of carbonyl (C=O) groups excluding carboxylic acids is 1. The van der Waals surface area contributed by atoms with Gasteiger partial charge in [-0.25, -0.2) is 14.2 Å². The Hall–Kier alpha value is -4.08. The van der Waals surface area contributed by atoms with Gasteiger partial charge in [-0.05, 0) is 55.0 Å². The van der Waals surface area contributed by atoms with Crippen LogP contribution in [0.5, 0.6) is 5.75 Å². The highest BCUT2D eigenvalue weighted by molar-refractivity contribution is 6.01. The molecule has 2 aromatic carbocycles. The summed E-state index contributed by atoms with van der Waals surface area (Å²) in [5.41, 5.74) is 4.69. The number of carboxylic acid groups (broad SMARTS) is 1. The van der Waals surface area contributed by atoms with Gasteiger partial charge in [-0.3, -0.25) is 4.79 Å². The molecule has 2 amide bonds. The molecular weight excluding hydrogens is 477 g/mol. The number of para-hydroxylation sites is 1. The minimum Gasteiger partial charge on any atom is -0.506 e. The van der Waals surface area contributed by atoms with Gasteiger partial charge >= 0.3 is 6.09 Å². The van der Waals surface area contributed by atoms with Crippen LogP contribution in [0, 0.1) is 5.92 Å². The fourth-order valence-electron chi connectivity index (χ4n) is 5.43. The largest absolute Gasteiger partial charge is 0.506 e. The molecule has 1 saturated carbocycles. The van der Waals surface area contributed by atoms with Crippen LogP contribution in [0.4, 0.5) is 9.18 Å². The SMILES string of the molecule is Cn1c(-c2cc3cccc(O)c3n2CC2CC2)nc2cc3c(cc21)CCN(CC(CF)NC(=O)O)C3=O. The number of amides is 2. The number of phenolic OH excluding ortho intramolecular Hbond substituents is 1. The summed E-state index contributed by atoms with van der Waals surface area (Å²) in [5, 5.41) is 22.6. The quantitative estimate of drug-likeness (QED) is 0.353. The molecule has 0 radical (unpaired) electrons. The van der Waals surface area contributed by atoms with E-state index >= 15 is 0 Å². The molecule has 37 heavy (non-hydrogen) atoms.